The highest BCUT2D eigenvalue weighted by Crippen LogP contribution is 2.25. The molecule has 1 heterocycles. The maximum Gasteiger partial charge on any atom is 0.306 e. The lowest BCUT2D eigenvalue weighted by Crippen LogP contribution is -2.32. The van der Waals surface area contributed by atoms with Crippen LogP contribution in [0.3, 0.4) is 0 Å². The molecule has 0 radical (unpaired) electrons. The number of amides is 1. The van der Waals surface area contributed by atoms with Gasteiger partial charge in [0.25, 0.3) is 5.91 Å². The number of carboxylic acid groups (broad SMARTS) is 1. The van der Waals surface area contributed by atoms with Crippen LogP contribution in [0, 0.1) is 5.92 Å². The summed E-state index contributed by atoms with van der Waals surface area (Å²) in [6.45, 7) is 0. The van der Waals surface area contributed by atoms with Gasteiger partial charge in [-0.15, -0.1) is 5.10 Å². The number of hydrogen-bond donors (Lipinski definition) is 2. The van der Waals surface area contributed by atoms with Crippen LogP contribution in [0.2, 0.25) is 0 Å². The molecule has 1 amide bonds. The topological polar surface area (TPSA) is 92.2 Å². The first-order chi connectivity index (χ1) is 7.66. The number of aliphatic carboxylic acids is 1. The highest BCUT2D eigenvalue weighted by Gasteiger charge is 2.30. The highest BCUT2D eigenvalue weighted by atomic mass is 32.1. The van der Waals surface area contributed by atoms with Crippen molar-refractivity contribution in [2.24, 2.45) is 5.92 Å². The van der Waals surface area contributed by atoms with Crippen molar-refractivity contribution in [3.05, 3.63) is 11.1 Å². The summed E-state index contributed by atoms with van der Waals surface area (Å²) < 4.78 is 3.60. The van der Waals surface area contributed by atoms with Crippen molar-refractivity contribution >= 4 is 23.4 Å². The monoisotopic (exact) mass is 241 g/mol. The van der Waals surface area contributed by atoms with E-state index in [1.807, 2.05) is 0 Å². The van der Waals surface area contributed by atoms with E-state index in [0.717, 1.165) is 18.0 Å². The van der Waals surface area contributed by atoms with Crippen LogP contribution < -0.4 is 5.32 Å². The molecule has 1 saturated carbocycles. The minimum atomic E-state index is -0.781. The van der Waals surface area contributed by atoms with Crippen molar-refractivity contribution < 1.29 is 14.7 Å². The SMILES string of the molecule is O=C(N[C@H]1CC[C@@H](C(=O)O)C1)c1cnns1. The largest absolute Gasteiger partial charge is 0.481 e. The third-order valence-electron chi connectivity index (χ3n) is 2.70. The zero-order chi connectivity index (χ0) is 11.5. The molecule has 1 aromatic rings. The molecule has 0 aromatic carbocycles. The van der Waals surface area contributed by atoms with Gasteiger partial charge in [-0.05, 0) is 30.8 Å². The van der Waals surface area contributed by atoms with E-state index in [9.17, 15) is 9.59 Å². The second-order valence-electron chi connectivity index (χ2n) is 3.80. The summed E-state index contributed by atoms with van der Waals surface area (Å²) in [5, 5.41) is 15.2. The number of carbonyl (C=O) groups is 2. The van der Waals surface area contributed by atoms with Crippen LogP contribution in [0.1, 0.15) is 28.9 Å². The fourth-order valence-electron chi connectivity index (χ4n) is 1.86. The van der Waals surface area contributed by atoms with Gasteiger partial charge in [0.15, 0.2) is 0 Å². The van der Waals surface area contributed by atoms with Crippen LogP contribution in [-0.2, 0) is 4.79 Å². The molecule has 2 atom stereocenters. The van der Waals surface area contributed by atoms with E-state index >= 15 is 0 Å². The van der Waals surface area contributed by atoms with Gasteiger partial charge in [0, 0.05) is 6.04 Å². The Bertz CT molecular complexity index is 393. The van der Waals surface area contributed by atoms with E-state index in [0.29, 0.717) is 17.7 Å². The van der Waals surface area contributed by atoms with Crippen molar-refractivity contribution in [2.45, 2.75) is 25.3 Å². The number of hydrogen-bond acceptors (Lipinski definition) is 5. The molecule has 0 unspecified atom stereocenters. The van der Waals surface area contributed by atoms with Crippen LogP contribution in [0.5, 0.6) is 0 Å². The molecule has 1 aliphatic carbocycles. The maximum atomic E-state index is 11.6. The highest BCUT2D eigenvalue weighted by molar-refractivity contribution is 7.07. The first kappa shape index (κ1) is 11.0. The standard InChI is InChI=1S/C9H11N3O3S/c13-8(7-4-10-12-16-7)11-6-2-1-5(3-6)9(14)15/h4-6H,1-3H2,(H,11,13)(H,14,15)/t5-,6+/m1/s1. The van der Waals surface area contributed by atoms with Gasteiger partial charge in [-0.25, -0.2) is 0 Å². The predicted molar refractivity (Wildman–Crippen MR) is 56.1 cm³/mol. The van der Waals surface area contributed by atoms with E-state index in [4.69, 9.17) is 5.11 Å². The lowest BCUT2D eigenvalue weighted by atomic mass is 10.1. The molecular weight excluding hydrogens is 230 g/mol. The average Bonchev–Trinajstić information content (AvgIpc) is 2.87. The summed E-state index contributed by atoms with van der Waals surface area (Å²) in [7, 11) is 0. The van der Waals surface area contributed by atoms with Gasteiger partial charge in [-0.2, -0.15) is 0 Å². The Morgan fingerprint density at radius 1 is 1.50 bits per heavy atom. The van der Waals surface area contributed by atoms with E-state index in [1.54, 1.807) is 0 Å². The lowest BCUT2D eigenvalue weighted by Gasteiger charge is -2.10. The summed E-state index contributed by atoms with van der Waals surface area (Å²) in [5.74, 6) is -1.33. The van der Waals surface area contributed by atoms with Gasteiger partial charge in [0.2, 0.25) is 0 Å². The molecule has 0 spiro atoms. The average molecular weight is 241 g/mol. The Morgan fingerprint density at radius 2 is 2.31 bits per heavy atom. The van der Waals surface area contributed by atoms with Crippen molar-refractivity contribution in [3.8, 4) is 0 Å². The molecule has 86 valence electrons. The third-order valence-corrected chi connectivity index (χ3v) is 3.37. The first-order valence-electron chi connectivity index (χ1n) is 4.98. The molecule has 1 aromatic heterocycles. The molecule has 2 rings (SSSR count). The molecule has 2 N–H and O–H groups in total. The van der Waals surface area contributed by atoms with Crippen LogP contribution in [0.4, 0.5) is 0 Å². The Morgan fingerprint density at radius 3 is 2.88 bits per heavy atom. The fraction of sp³-hybridized carbons (Fsp3) is 0.556. The Kier molecular flexibility index (Phi) is 3.14. The van der Waals surface area contributed by atoms with Gasteiger partial charge in [0.05, 0.1) is 12.1 Å². The minimum absolute atomic E-state index is 0.0456. The van der Waals surface area contributed by atoms with E-state index < -0.39 is 5.97 Å². The number of rotatable bonds is 3. The molecule has 6 nitrogen and oxygen atoms in total. The minimum Gasteiger partial charge on any atom is -0.481 e. The second kappa shape index (κ2) is 4.56. The number of carbonyl (C=O) groups excluding carboxylic acids is 1. The van der Waals surface area contributed by atoms with Crippen LogP contribution in [-0.4, -0.2) is 32.6 Å². The van der Waals surface area contributed by atoms with Gasteiger partial charge < -0.3 is 10.4 Å². The third kappa shape index (κ3) is 2.35. The fourth-order valence-corrected chi connectivity index (χ4v) is 2.28. The molecule has 7 heteroatoms. The van der Waals surface area contributed by atoms with E-state index in [1.165, 1.54) is 6.20 Å². The lowest BCUT2D eigenvalue weighted by molar-refractivity contribution is -0.141. The summed E-state index contributed by atoms with van der Waals surface area (Å²) in [5.41, 5.74) is 0. The molecule has 0 aliphatic heterocycles. The van der Waals surface area contributed by atoms with Crippen molar-refractivity contribution in [2.75, 3.05) is 0 Å². The maximum absolute atomic E-state index is 11.6. The van der Waals surface area contributed by atoms with Crippen molar-refractivity contribution in [1.29, 1.82) is 0 Å². The zero-order valence-corrected chi connectivity index (χ0v) is 9.24. The Hall–Kier alpha value is -1.50. The molecule has 0 bridgehead atoms. The Balaban J connectivity index is 1.88. The van der Waals surface area contributed by atoms with Crippen LogP contribution >= 0.6 is 11.5 Å². The number of carboxylic acids is 1. The van der Waals surface area contributed by atoms with E-state index in [-0.39, 0.29) is 17.9 Å². The van der Waals surface area contributed by atoms with Gasteiger partial charge >= 0.3 is 5.97 Å². The number of nitrogens with one attached hydrogen (secondary N) is 1. The normalized spacial score (nSPS) is 24.2. The molecular formula is C9H11N3O3S. The van der Waals surface area contributed by atoms with Crippen molar-refractivity contribution in [1.82, 2.24) is 14.9 Å². The molecule has 1 fully saturated rings. The van der Waals surface area contributed by atoms with Gasteiger partial charge in [-0.1, -0.05) is 4.49 Å². The quantitative estimate of drug-likeness (QED) is 0.805. The Labute approximate surface area is 95.8 Å². The van der Waals surface area contributed by atoms with Crippen LogP contribution in [0.15, 0.2) is 6.20 Å². The van der Waals surface area contributed by atoms with E-state index in [2.05, 4.69) is 14.9 Å². The molecule has 0 saturated heterocycles. The summed E-state index contributed by atoms with van der Waals surface area (Å²) in [6.07, 6.45) is 3.26. The van der Waals surface area contributed by atoms with Gasteiger partial charge in [0.1, 0.15) is 4.88 Å². The van der Waals surface area contributed by atoms with Crippen LogP contribution in [0.25, 0.3) is 0 Å². The first-order valence-corrected chi connectivity index (χ1v) is 5.75. The molecule has 1 aliphatic rings. The van der Waals surface area contributed by atoms with Crippen molar-refractivity contribution in [3.63, 3.8) is 0 Å². The zero-order valence-electron chi connectivity index (χ0n) is 8.42. The van der Waals surface area contributed by atoms with Gasteiger partial charge in [-0.3, -0.25) is 9.59 Å². The predicted octanol–water partition coefficient (Wildman–Crippen LogP) is 0.521. The smallest absolute Gasteiger partial charge is 0.306 e. The second-order valence-corrected chi connectivity index (χ2v) is 4.59. The number of nitrogens with zero attached hydrogens (tertiary/aromatic N) is 2. The summed E-state index contributed by atoms with van der Waals surface area (Å²) in [4.78, 5) is 22.8. The number of aromatic nitrogens is 2. The summed E-state index contributed by atoms with van der Waals surface area (Å²) in [6, 6.07) is -0.0456. The summed E-state index contributed by atoms with van der Waals surface area (Å²) >= 11 is 1.03. The molecule has 16 heavy (non-hydrogen) atoms.